The number of hydrogen-bond donors (Lipinski definition) is 2. The first-order chi connectivity index (χ1) is 11.5. The van der Waals surface area contributed by atoms with Crippen LogP contribution in [0.25, 0.3) is 11.0 Å². The van der Waals surface area contributed by atoms with Gasteiger partial charge in [0.15, 0.2) is 5.82 Å². The average molecular weight is 422 g/mol. The molecule has 0 saturated heterocycles. The van der Waals surface area contributed by atoms with Gasteiger partial charge in [0.05, 0.1) is 11.1 Å². The molecule has 3 aromatic rings. The van der Waals surface area contributed by atoms with E-state index in [1.54, 1.807) is 24.0 Å². The predicted octanol–water partition coefficient (Wildman–Crippen LogP) is 3.50. The zero-order valence-electron chi connectivity index (χ0n) is 14.2. The van der Waals surface area contributed by atoms with E-state index < -0.39 is 0 Å². The van der Waals surface area contributed by atoms with Gasteiger partial charge in [-0.3, -0.25) is 4.98 Å². The monoisotopic (exact) mass is 420 g/mol. The molecule has 0 aromatic carbocycles. The summed E-state index contributed by atoms with van der Waals surface area (Å²) in [5, 5.41) is 3.50. The Labute approximate surface area is 168 Å². The molecule has 3 heterocycles. The Balaban J connectivity index is 0.00000169. The largest absolute Gasteiger partial charge is 0.365 e. The lowest BCUT2D eigenvalue weighted by molar-refractivity contribution is 0.586. The number of aryl methyl sites for hydroxylation is 1. The summed E-state index contributed by atoms with van der Waals surface area (Å²) in [7, 11) is 1.75. The molecule has 0 spiro atoms. The third-order valence-corrected chi connectivity index (χ3v) is 3.93. The fourth-order valence-electron chi connectivity index (χ4n) is 2.63. The number of pyridine rings is 1. The maximum absolute atomic E-state index is 14.9. The molecule has 0 aliphatic heterocycles. The highest BCUT2D eigenvalue weighted by Gasteiger charge is 2.21. The minimum Gasteiger partial charge on any atom is -0.365 e. The van der Waals surface area contributed by atoms with Crippen LogP contribution >= 0.6 is 36.4 Å². The maximum atomic E-state index is 14.9. The highest BCUT2D eigenvalue weighted by Crippen LogP contribution is 2.30. The van der Waals surface area contributed by atoms with Crippen molar-refractivity contribution in [3.63, 3.8) is 0 Å². The molecule has 3 rings (SSSR count). The van der Waals surface area contributed by atoms with Crippen molar-refractivity contribution in [2.24, 2.45) is 12.8 Å². The van der Waals surface area contributed by atoms with E-state index in [0.717, 1.165) is 5.56 Å². The van der Waals surface area contributed by atoms with Gasteiger partial charge in [-0.25, -0.2) is 4.39 Å². The average Bonchev–Trinajstić information content (AvgIpc) is 2.78. The quantitative estimate of drug-likeness (QED) is 0.616. The Bertz CT molecular complexity index is 870. The van der Waals surface area contributed by atoms with Gasteiger partial charge >= 0.3 is 0 Å². The smallest absolute Gasteiger partial charge is 0.226 e. The lowest BCUT2D eigenvalue weighted by Crippen LogP contribution is -2.20. The zero-order valence-corrected chi connectivity index (χ0v) is 16.6. The fourth-order valence-corrected chi connectivity index (χ4v) is 2.80. The van der Waals surface area contributed by atoms with Crippen LogP contribution in [0, 0.1) is 5.82 Å². The summed E-state index contributed by atoms with van der Waals surface area (Å²) in [6, 6.07) is 3.59. The number of hydrogen-bond acceptors (Lipinski definition) is 5. The Morgan fingerprint density at radius 2 is 2.08 bits per heavy atom. The molecule has 6 nitrogen and oxygen atoms in total. The highest BCUT2D eigenvalue weighted by molar-refractivity contribution is 6.28. The van der Waals surface area contributed by atoms with Crippen molar-refractivity contribution in [2.45, 2.75) is 25.9 Å². The number of rotatable bonds is 5. The van der Waals surface area contributed by atoms with Crippen LogP contribution in [0.5, 0.6) is 0 Å². The molecule has 142 valence electrons. The number of nitrogens with one attached hydrogen (secondary N) is 1. The highest BCUT2D eigenvalue weighted by atomic mass is 35.5. The van der Waals surface area contributed by atoms with Crippen molar-refractivity contribution < 1.29 is 4.39 Å². The summed E-state index contributed by atoms with van der Waals surface area (Å²) >= 11 is 6.01. The van der Waals surface area contributed by atoms with Crippen molar-refractivity contribution in [3.8, 4) is 0 Å². The first kappa shape index (κ1) is 22.4. The third kappa shape index (κ3) is 4.54. The van der Waals surface area contributed by atoms with Gasteiger partial charge in [-0.1, -0.05) is 6.07 Å². The second-order valence-electron chi connectivity index (χ2n) is 5.76. The molecular formula is C16H20Cl3FN6. The van der Waals surface area contributed by atoms with Crippen LogP contribution in [0.3, 0.4) is 0 Å². The van der Waals surface area contributed by atoms with Gasteiger partial charge in [-0.2, -0.15) is 9.97 Å². The Morgan fingerprint density at radius 3 is 2.69 bits per heavy atom. The molecule has 0 radical (unpaired) electrons. The predicted molar refractivity (Wildman–Crippen MR) is 107 cm³/mol. The zero-order chi connectivity index (χ0) is 17.3. The first-order valence-corrected chi connectivity index (χ1v) is 7.93. The van der Waals surface area contributed by atoms with Gasteiger partial charge in [0.25, 0.3) is 0 Å². The van der Waals surface area contributed by atoms with Crippen LogP contribution in [0.15, 0.2) is 24.5 Å². The van der Waals surface area contributed by atoms with Crippen LogP contribution in [0.2, 0.25) is 5.28 Å². The van der Waals surface area contributed by atoms with E-state index in [9.17, 15) is 4.39 Å². The van der Waals surface area contributed by atoms with E-state index >= 15 is 0 Å². The summed E-state index contributed by atoms with van der Waals surface area (Å²) in [4.78, 5) is 12.4. The molecule has 0 aliphatic carbocycles. The summed E-state index contributed by atoms with van der Waals surface area (Å²) < 4.78 is 16.6. The SMILES string of the molecule is C[C@H](N)Cc1c(F)c2c(NCc3cccnc3)nc(Cl)nc2n1C.Cl.Cl. The number of nitrogens with zero attached hydrogens (tertiary/aromatic N) is 4. The third-order valence-electron chi connectivity index (χ3n) is 3.76. The van der Waals surface area contributed by atoms with Crippen molar-refractivity contribution in [2.75, 3.05) is 5.32 Å². The minimum atomic E-state index is -0.366. The molecule has 10 heteroatoms. The molecule has 0 amide bonds. The van der Waals surface area contributed by atoms with Crippen molar-refractivity contribution >= 4 is 53.3 Å². The molecule has 26 heavy (non-hydrogen) atoms. The lowest BCUT2D eigenvalue weighted by Gasteiger charge is -2.07. The number of nitrogens with two attached hydrogens (primary N) is 1. The summed E-state index contributed by atoms with van der Waals surface area (Å²) in [6.07, 6.45) is 3.83. The van der Waals surface area contributed by atoms with Crippen molar-refractivity contribution in [3.05, 3.63) is 46.9 Å². The Morgan fingerprint density at radius 1 is 1.35 bits per heavy atom. The van der Waals surface area contributed by atoms with Gasteiger partial charge in [-0.15, -0.1) is 24.8 Å². The number of anilines is 1. The van der Waals surface area contributed by atoms with E-state index in [1.165, 1.54) is 0 Å². The fraction of sp³-hybridized carbons (Fsp3) is 0.312. The van der Waals surface area contributed by atoms with Crippen LogP contribution in [0.1, 0.15) is 18.2 Å². The van der Waals surface area contributed by atoms with E-state index in [-0.39, 0.29) is 42.0 Å². The molecule has 0 unspecified atom stereocenters. The second-order valence-corrected chi connectivity index (χ2v) is 6.09. The minimum absolute atomic E-state index is 0. The molecule has 0 bridgehead atoms. The molecule has 0 saturated carbocycles. The second kappa shape index (κ2) is 9.32. The molecule has 0 fully saturated rings. The number of halogens is 4. The lowest BCUT2D eigenvalue weighted by atomic mass is 10.2. The molecular weight excluding hydrogens is 402 g/mol. The number of aromatic nitrogens is 4. The van der Waals surface area contributed by atoms with E-state index in [1.807, 2.05) is 19.1 Å². The van der Waals surface area contributed by atoms with Gasteiger partial charge in [0, 0.05) is 38.4 Å². The van der Waals surface area contributed by atoms with Crippen LogP contribution < -0.4 is 11.1 Å². The van der Waals surface area contributed by atoms with Gasteiger partial charge < -0.3 is 15.6 Å². The molecule has 1 atom stereocenters. The van der Waals surface area contributed by atoms with E-state index in [2.05, 4.69) is 20.3 Å². The first-order valence-electron chi connectivity index (χ1n) is 7.56. The van der Waals surface area contributed by atoms with Gasteiger partial charge in [0.1, 0.15) is 11.5 Å². The van der Waals surface area contributed by atoms with Crippen LogP contribution in [0.4, 0.5) is 10.2 Å². The Kier molecular flexibility index (Phi) is 8.02. The molecule has 3 N–H and O–H groups in total. The Hall–Kier alpha value is -1.67. The summed E-state index contributed by atoms with van der Waals surface area (Å²) in [6.45, 7) is 2.28. The van der Waals surface area contributed by atoms with Crippen LogP contribution in [-0.2, 0) is 20.0 Å². The maximum Gasteiger partial charge on any atom is 0.226 e. The van der Waals surface area contributed by atoms with Gasteiger partial charge in [-0.05, 0) is 30.2 Å². The molecule has 3 aromatic heterocycles. The van der Waals surface area contributed by atoms with E-state index in [0.29, 0.717) is 35.5 Å². The van der Waals surface area contributed by atoms with Crippen molar-refractivity contribution in [1.29, 1.82) is 0 Å². The van der Waals surface area contributed by atoms with Gasteiger partial charge in [0.2, 0.25) is 5.28 Å². The van der Waals surface area contributed by atoms with Crippen molar-refractivity contribution in [1.82, 2.24) is 19.5 Å². The summed E-state index contributed by atoms with van der Waals surface area (Å²) in [5.41, 5.74) is 7.70. The normalized spacial score (nSPS) is 11.6. The number of fused-ring (bicyclic) bond motifs is 1. The topological polar surface area (TPSA) is 81.7 Å². The summed E-state index contributed by atoms with van der Waals surface area (Å²) in [5.74, 6) is -0.00645. The van der Waals surface area contributed by atoms with Crippen LogP contribution in [-0.4, -0.2) is 25.6 Å². The molecule has 0 aliphatic rings. The standard InChI is InChI=1S/C16H18ClFN6.2ClH/c1-9(19)6-11-13(18)12-14(21-8-10-4-3-5-20-7-10)22-16(17)23-15(12)24(11)2;;/h3-5,7,9H,6,8,19H2,1-2H3,(H,21,22,23);2*1H/t9-;;/m0../s1. The van der Waals surface area contributed by atoms with E-state index in [4.69, 9.17) is 17.3 Å².